The van der Waals surface area contributed by atoms with Gasteiger partial charge >= 0.3 is 0 Å². The number of thiophene rings is 1. The fourth-order valence-electron chi connectivity index (χ4n) is 2.62. The first-order chi connectivity index (χ1) is 13.1. The average Bonchev–Trinajstić information content (AvgIpc) is 3.43. The third-order valence-electron chi connectivity index (χ3n) is 4.02. The van der Waals surface area contributed by atoms with Crippen LogP contribution in [0.15, 0.2) is 47.2 Å². The van der Waals surface area contributed by atoms with Crippen molar-refractivity contribution >= 4 is 46.7 Å². The Labute approximate surface area is 167 Å². The largest absolute Gasteiger partial charge is 0.324 e. The van der Waals surface area contributed by atoms with E-state index in [9.17, 15) is 4.79 Å². The summed E-state index contributed by atoms with van der Waals surface area (Å²) in [4.78, 5) is 13.7. The maximum absolute atomic E-state index is 12.8. The van der Waals surface area contributed by atoms with Gasteiger partial charge in [-0.2, -0.15) is 5.10 Å². The quantitative estimate of drug-likeness (QED) is 0.473. The molecule has 4 aromatic rings. The van der Waals surface area contributed by atoms with E-state index in [-0.39, 0.29) is 5.91 Å². The molecule has 1 unspecified atom stereocenters. The lowest BCUT2D eigenvalue weighted by atomic mass is 10.1. The number of carbonyl (C=O) groups excluding carboxylic acids is 1. The molecule has 3 heterocycles. The molecule has 1 atom stereocenters. The molecular weight excluding hydrogens is 400 g/mol. The summed E-state index contributed by atoms with van der Waals surface area (Å²) in [7, 11) is 0. The van der Waals surface area contributed by atoms with Crippen molar-refractivity contribution in [3.63, 3.8) is 0 Å². The molecule has 0 saturated carbocycles. The number of H-pyrrole nitrogens is 1. The summed E-state index contributed by atoms with van der Waals surface area (Å²) in [5.41, 5.74) is 2.47. The van der Waals surface area contributed by atoms with Crippen molar-refractivity contribution in [2.45, 2.75) is 13.0 Å². The maximum atomic E-state index is 12.8. The second kappa shape index (κ2) is 7.51. The molecule has 0 radical (unpaired) electrons. The highest BCUT2D eigenvalue weighted by Crippen LogP contribution is 2.26. The van der Waals surface area contributed by atoms with E-state index in [2.05, 4.69) is 25.1 Å². The van der Waals surface area contributed by atoms with Gasteiger partial charge in [0.1, 0.15) is 11.7 Å². The molecule has 0 spiro atoms. The molecule has 0 aliphatic rings. The molecule has 0 bridgehead atoms. The second-order valence-corrected chi connectivity index (χ2v) is 7.68. The summed E-state index contributed by atoms with van der Waals surface area (Å²) in [6, 6.07) is 10.8. The normalized spacial score (nSPS) is 12.0. The summed E-state index contributed by atoms with van der Waals surface area (Å²) < 4.78 is 6.00. The SMILES string of the molecule is CC(C(=O)Nc1ccc(-c2csnn2)cc1)n1c(-c2cccs2)n[nH]c1=S. The van der Waals surface area contributed by atoms with Crippen LogP contribution in [-0.4, -0.2) is 30.3 Å². The van der Waals surface area contributed by atoms with Gasteiger partial charge < -0.3 is 5.32 Å². The van der Waals surface area contributed by atoms with Crippen molar-refractivity contribution in [2.75, 3.05) is 5.32 Å². The van der Waals surface area contributed by atoms with Gasteiger partial charge in [-0.1, -0.05) is 22.7 Å². The van der Waals surface area contributed by atoms with E-state index >= 15 is 0 Å². The zero-order chi connectivity index (χ0) is 18.8. The number of aromatic amines is 1. The number of nitrogens with zero attached hydrogens (tertiary/aromatic N) is 4. The number of nitrogens with one attached hydrogen (secondary N) is 2. The standard InChI is InChI=1S/C17H14N6OS3/c1-10(23-15(20-21-17(23)25)14-3-2-8-26-14)16(24)18-12-6-4-11(5-7-12)13-9-27-22-19-13/h2-10H,1H3,(H,18,24)(H,21,25). The summed E-state index contributed by atoms with van der Waals surface area (Å²) in [6.45, 7) is 1.80. The van der Waals surface area contributed by atoms with E-state index < -0.39 is 6.04 Å². The number of benzene rings is 1. The van der Waals surface area contributed by atoms with Gasteiger partial charge in [-0.05, 0) is 54.3 Å². The minimum absolute atomic E-state index is 0.173. The van der Waals surface area contributed by atoms with Crippen molar-refractivity contribution < 1.29 is 4.79 Å². The van der Waals surface area contributed by atoms with Crippen molar-refractivity contribution in [3.8, 4) is 22.0 Å². The van der Waals surface area contributed by atoms with E-state index in [1.165, 1.54) is 11.5 Å². The van der Waals surface area contributed by atoms with Crippen LogP contribution in [0.4, 0.5) is 5.69 Å². The molecule has 136 valence electrons. The van der Waals surface area contributed by atoms with E-state index in [1.807, 2.05) is 47.2 Å². The molecule has 0 aliphatic heterocycles. The Hall–Kier alpha value is -2.69. The van der Waals surface area contributed by atoms with E-state index in [4.69, 9.17) is 12.2 Å². The Morgan fingerprint density at radius 1 is 1.30 bits per heavy atom. The lowest BCUT2D eigenvalue weighted by Gasteiger charge is -2.15. The van der Waals surface area contributed by atoms with Crippen molar-refractivity contribution in [1.29, 1.82) is 0 Å². The smallest absolute Gasteiger partial charge is 0.247 e. The average molecular weight is 415 g/mol. The summed E-state index contributed by atoms with van der Waals surface area (Å²) in [5.74, 6) is 0.484. The summed E-state index contributed by atoms with van der Waals surface area (Å²) in [5, 5.41) is 17.9. The number of rotatable bonds is 5. The van der Waals surface area contributed by atoms with Crippen molar-refractivity contribution in [3.05, 3.63) is 51.9 Å². The third kappa shape index (κ3) is 3.59. The van der Waals surface area contributed by atoms with Crippen LogP contribution in [0.25, 0.3) is 22.0 Å². The number of anilines is 1. The van der Waals surface area contributed by atoms with Crippen molar-refractivity contribution in [1.82, 2.24) is 24.4 Å². The highest BCUT2D eigenvalue weighted by molar-refractivity contribution is 7.71. The fourth-order valence-corrected chi connectivity index (χ4v) is 4.09. The predicted molar refractivity (Wildman–Crippen MR) is 109 cm³/mol. The molecule has 0 aliphatic carbocycles. The molecule has 27 heavy (non-hydrogen) atoms. The number of hydrogen-bond donors (Lipinski definition) is 2. The van der Waals surface area contributed by atoms with Gasteiger partial charge in [0.15, 0.2) is 10.6 Å². The molecule has 1 aromatic carbocycles. The Morgan fingerprint density at radius 2 is 2.11 bits per heavy atom. The van der Waals surface area contributed by atoms with Gasteiger partial charge in [-0.15, -0.1) is 16.4 Å². The molecule has 0 fully saturated rings. The van der Waals surface area contributed by atoms with Crippen LogP contribution in [0.5, 0.6) is 0 Å². The first-order valence-electron chi connectivity index (χ1n) is 8.02. The van der Waals surface area contributed by atoms with E-state index in [1.54, 1.807) is 22.8 Å². The van der Waals surface area contributed by atoms with Crippen LogP contribution in [-0.2, 0) is 4.79 Å². The number of aromatic nitrogens is 5. The third-order valence-corrected chi connectivity index (χ3v) is 5.68. The summed E-state index contributed by atoms with van der Waals surface area (Å²) in [6.07, 6.45) is 0. The minimum atomic E-state index is -0.518. The van der Waals surface area contributed by atoms with Crippen LogP contribution in [0, 0.1) is 4.77 Å². The Bertz CT molecular complexity index is 1100. The Balaban J connectivity index is 1.54. The van der Waals surface area contributed by atoms with E-state index in [0.29, 0.717) is 16.3 Å². The van der Waals surface area contributed by atoms with Gasteiger partial charge in [0.05, 0.1) is 4.88 Å². The Morgan fingerprint density at radius 3 is 2.78 bits per heavy atom. The predicted octanol–water partition coefficient (Wildman–Crippen LogP) is 4.39. The number of hydrogen-bond acceptors (Lipinski definition) is 7. The molecule has 0 saturated heterocycles. The zero-order valence-corrected chi connectivity index (χ0v) is 16.6. The van der Waals surface area contributed by atoms with Crippen LogP contribution in [0.1, 0.15) is 13.0 Å². The second-order valence-electron chi connectivity index (χ2n) is 5.73. The van der Waals surface area contributed by atoms with Gasteiger partial charge in [0.25, 0.3) is 0 Å². The number of amides is 1. The van der Waals surface area contributed by atoms with Crippen molar-refractivity contribution in [2.24, 2.45) is 0 Å². The summed E-state index contributed by atoms with van der Waals surface area (Å²) >= 11 is 8.17. The van der Waals surface area contributed by atoms with Crippen LogP contribution < -0.4 is 5.32 Å². The molecule has 10 heteroatoms. The van der Waals surface area contributed by atoms with Crippen LogP contribution in [0.2, 0.25) is 0 Å². The van der Waals surface area contributed by atoms with Gasteiger partial charge in [0.2, 0.25) is 5.91 Å². The molecule has 3 aromatic heterocycles. The topological polar surface area (TPSA) is 88.5 Å². The van der Waals surface area contributed by atoms with Crippen LogP contribution in [0.3, 0.4) is 0 Å². The lowest BCUT2D eigenvalue weighted by molar-refractivity contribution is -0.118. The van der Waals surface area contributed by atoms with Gasteiger partial charge in [-0.3, -0.25) is 14.5 Å². The number of carbonyl (C=O) groups is 1. The zero-order valence-electron chi connectivity index (χ0n) is 14.1. The molecule has 4 rings (SSSR count). The molecule has 7 nitrogen and oxygen atoms in total. The monoisotopic (exact) mass is 414 g/mol. The van der Waals surface area contributed by atoms with Gasteiger partial charge in [0, 0.05) is 16.6 Å². The first-order valence-corrected chi connectivity index (χ1v) is 10.1. The van der Waals surface area contributed by atoms with Crippen LogP contribution >= 0.6 is 35.1 Å². The van der Waals surface area contributed by atoms with Gasteiger partial charge in [-0.25, -0.2) is 0 Å². The molecule has 1 amide bonds. The molecular formula is C17H14N6OS3. The molecule has 2 N–H and O–H groups in total. The highest BCUT2D eigenvalue weighted by Gasteiger charge is 2.21. The van der Waals surface area contributed by atoms with E-state index in [0.717, 1.165) is 16.1 Å². The highest BCUT2D eigenvalue weighted by atomic mass is 32.1. The fraction of sp³-hybridized carbons (Fsp3) is 0.118. The maximum Gasteiger partial charge on any atom is 0.247 e. The first kappa shape index (κ1) is 17.7. The lowest BCUT2D eigenvalue weighted by Crippen LogP contribution is -2.24. The Kier molecular flexibility index (Phi) is 4.92. The minimum Gasteiger partial charge on any atom is -0.324 e.